The van der Waals surface area contributed by atoms with E-state index in [2.05, 4.69) is 15.6 Å². The van der Waals surface area contributed by atoms with Crippen LogP contribution < -0.4 is 16.2 Å². The summed E-state index contributed by atoms with van der Waals surface area (Å²) in [5, 5.41) is 14.0. The van der Waals surface area contributed by atoms with Crippen LogP contribution in [0.3, 0.4) is 0 Å². The molecule has 10 heteroatoms. The second-order valence-corrected chi connectivity index (χ2v) is 8.59. The minimum Gasteiger partial charge on any atom is -0.481 e. The van der Waals surface area contributed by atoms with Crippen LogP contribution in [0, 0.1) is 5.82 Å². The van der Waals surface area contributed by atoms with E-state index in [-0.39, 0.29) is 36.0 Å². The number of benzene rings is 2. The molecule has 0 bridgehead atoms. The van der Waals surface area contributed by atoms with E-state index >= 15 is 0 Å². The number of anilines is 2. The van der Waals surface area contributed by atoms with Crippen molar-refractivity contribution in [2.45, 2.75) is 25.8 Å². The van der Waals surface area contributed by atoms with Gasteiger partial charge in [-0.05, 0) is 53.4 Å². The highest BCUT2D eigenvalue weighted by Gasteiger charge is 2.12. The predicted octanol–water partition coefficient (Wildman–Crippen LogP) is 5.74. The third-order valence-electron chi connectivity index (χ3n) is 5.82. The molecule has 2 aromatic heterocycles. The normalized spacial score (nSPS) is 11.2. The lowest BCUT2D eigenvalue weighted by Gasteiger charge is -2.12. The minimum absolute atomic E-state index is 0. The maximum atomic E-state index is 13.7. The number of pyridine rings is 2. The van der Waals surface area contributed by atoms with Gasteiger partial charge in [-0.15, -0.1) is 12.4 Å². The van der Waals surface area contributed by atoms with Gasteiger partial charge in [0.1, 0.15) is 5.82 Å². The number of hydrogen-bond donors (Lipinski definition) is 3. The van der Waals surface area contributed by atoms with Gasteiger partial charge in [0, 0.05) is 6.20 Å². The predicted molar refractivity (Wildman–Crippen MR) is 146 cm³/mol. The van der Waals surface area contributed by atoms with Gasteiger partial charge in [-0.25, -0.2) is 9.18 Å². The minimum atomic E-state index is -0.844. The van der Waals surface area contributed by atoms with Gasteiger partial charge in [0.05, 0.1) is 41.8 Å². The Labute approximate surface area is 224 Å². The summed E-state index contributed by atoms with van der Waals surface area (Å²) in [6, 6.07) is 19.4. The van der Waals surface area contributed by atoms with Crippen LogP contribution in [0.25, 0.3) is 11.3 Å². The van der Waals surface area contributed by atoms with Crippen molar-refractivity contribution in [3.05, 3.63) is 112 Å². The SMILES string of the molecule is C[C@H](CC(=O)O)c1ccc(Cn2cccc(-c3ccc(NC(=O)Nc4ccccc4F)cn3)c2=O)cc1.Cl. The van der Waals surface area contributed by atoms with Crippen molar-refractivity contribution >= 4 is 35.8 Å². The highest BCUT2D eigenvalue weighted by molar-refractivity contribution is 5.99. The highest BCUT2D eigenvalue weighted by atomic mass is 35.5. The molecule has 2 amide bonds. The third kappa shape index (κ3) is 7.04. The molecular formula is C28H26ClFN4O4. The lowest BCUT2D eigenvalue weighted by molar-refractivity contribution is -0.137. The zero-order valence-corrected chi connectivity index (χ0v) is 21.2. The Bertz CT molecular complexity index is 1470. The molecule has 0 aliphatic heterocycles. The molecule has 0 aliphatic rings. The molecule has 0 unspecified atom stereocenters. The molecule has 196 valence electrons. The Morgan fingerprint density at radius 2 is 1.74 bits per heavy atom. The number of carboxylic acid groups (broad SMARTS) is 1. The van der Waals surface area contributed by atoms with Crippen LogP contribution in [-0.4, -0.2) is 26.7 Å². The van der Waals surface area contributed by atoms with Crippen molar-refractivity contribution in [3.63, 3.8) is 0 Å². The van der Waals surface area contributed by atoms with Crippen molar-refractivity contribution in [1.29, 1.82) is 0 Å². The third-order valence-corrected chi connectivity index (χ3v) is 5.82. The van der Waals surface area contributed by atoms with Crippen molar-refractivity contribution in [1.82, 2.24) is 9.55 Å². The smallest absolute Gasteiger partial charge is 0.323 e. The number of halogens is 2. The fourth-order valence-corrected chi connectivity index (χ4v) is 3.86. The first kappa shape index (κ1) is 28.1. The molecule has 2 heterocycles. The number of carbonyl (C=O) groups is 2. The first-order chi connectivity index (χ1) is 17.8. The molecule has 8 nitrogen and oxygen atoms in total. The number of amides is 2. The van der Waals surface area contributed by atoms with Crippen LogP contribution in [0.5, 0.6) is 0 Å². The van der Waals surface area contributed by atoms with Crippen LogP contribution in [0.15, 0.2) is 90.0 Å². The Morgan fingerprint density at radius 1 is 1.00 bits per heavy atom. The van der Waals surface area contributed by atoms with Gasteiger partial charge >= 0.3 is 12.0 Å². The Morgan fingerprint density at radius 3 is 2.39 bits per heavy atom. The second-order valence-electron chi connectivity index (χ2n) is 8.59. The largest absolute Gasteiger partial charge is 0.481 e. The molecule has 3 N–H and O–H groups in total. The molecule has 0 saturated heterocycles. The molecule has 1 atom stereocenters. The number of nitrogens with one attached hydrogen (secondary N) is 2. The van der Waals surface area contributed by atoms with Gasteiger partial charge in [-0.2, -0.15) is 0 Å². The second kappa shape index (κ2) is 12.6. The van der Waals surface area contributed by atoms with Gasteiger partial charge < -0.3 is 20.3 Å². The van der Waals surface area contributed by atoms with E-state index in [0.29, 0.717) is 23.5 Å². The zero-order valence-electron chi connectivity index (χ0n) is 20.4. The quantitative estimate of drug-likeness (QED) is 0.266. The monoisotopic (exact) mass is 536 g/mol. The number of aliphatic carboxylic acids is 1. The summed E-state index contributed by atoms with van der Waals surface area (Å²) in [6.07, 6.45) is 3.16. The van der Waals surface area contributed by atoms with Crippen LogP contribution in [0.1, 0.15) is 30.4 Å². The molecular weight excluding hydrogens is 511 g/mol. The van der Waals surface area contributed by atoms with Crippen molar-refractivity contribution < 1.29 is 19.1 Å². The van der Waals surface area contributed by atoms with Crippen LogP contribution in [-0.2, 0) is 11.3 Å². The van der Waals surface area contributed by atoms with Gasteiger partial charge in [-0.3, -0.25) is 14.6 Å². The van der Waals surface area contributed by atoms with Gasteiger partial charge in [0.15, 0.2) is 0 Å². The van der Waals surface area contributed by atoms with E-state index in [4.69, 9.17) is 5.11 Å². The van der Waals surface area contributed by atoms with Gasteiger partial charge in [-0.1, -0.05) is 43.3 Å². The number of nitrogens with zero attached hydrogens (tertiary/aromatic N) is 2. The average Bonchev–Trinajstić information content (AvgIpc) is 2.87. The summed E-state index contributed by atoms with van der Waals surface area (Å²) in [4.78, 5) is 40.5. The first-order valence-corrected chi connectivity index (χ1v) is 11.6. The standard InChI is InChI=1S/C28H25FN4O4.ClH/c1-18(15-26(34)35)20-10-8-19(9-11-20)17-33-14-4-5-22(27(33)36)24-13-12-21(16-30-24)31-28(37)32-25-7-3-2-6-23(25)29;/h2-14,16,18H,15,17H2,1H3,(H,34,35)(H2,31,32,37);1H/t18-;/m1./s1. The van der Waals surface area contributed by atoms with E-state index < -0.39 is 17.8 Å². The lowest BCUT2D eigenvalue weighted by atomic mass is 9.97. The summed E-state index contributed by atoms with van der Waals surface area (Å²) in [5.74, 6) is -1.50. The molecule has 2 aromatic carbocycles. The lowest BCUT2D eigenvalue weighted by Crippen LogP contribution is -2.22. The van der Waals surface area contributed by atoms with Crippen LogP contribution in [0.2, 0.25) is 0 Å². The molecule has 0 radical (unpaired) electrons. The van der Waals surface area contributed by atoms with Gasteiger partial charge in [0.25, 0.3) is 5.56 Å². The summed E-state index contributed by atoms with van der Waals surface area (Å²) < 4.78 is 15.3. The zero-order chi connectivity index (χ0) is 26.4. The van der Waals surface area contributed by atoms with E-state index in [0.717, 1.165) is 11.1 Å². The Hall–Kier alpha value is -4.50. The average molecular weight is 537 g/mol. The fraction of sp³-hybridized carbons (Fsp3) is 0.143. The first-order valence-electron chi connectivity index (χ1n) is 11.6. The van der Waals surface area contributed by atoms with Gasteiger partial charge in [0.2, 0.25) is 0 Å². The number of rotatable bonds is 8. The fourth-order valence-electron chi connectivity index (χ4n) is 3.86. The molecule has 0 fully saturated rings. The van der Waals surface area contributed by atoms with Crippen molar-refractivity contribution in [3.8, 4) is 11.3 Å². The number of hydrogen-bond acceptors (Lipinski definition) is 4. The highest BCUT2D eigenvalue weighted by Crippen LogP contribution is 2.20. The molecule has 0 aliphatic carbocycles. The molecule has 4 rings (SSSR count). The van der Waals surface area contributed by atoms with E-state index in [1.807, 2.05) is 31.2 Å². The maximum absolute atomic E-state index is 13.7. The number of carbonyl (C=O) groups excluding carboxylic acids is 1. The summed E-state index contributed by atoms with van der Waals surface area (Å²) in [5.41, 5.74) is 2.88. The van der Waals surface area contributed by atoms with Crippen LogP contribution >= 0.6 is 12.4 Å². The topological polar surface area (TPSA) is 113 Å². The Kier molecular flexibility index (Phi) is 9.34. The number of para-hydroxylation sites is 1. The van der Waals surface area contributed by atoms with E-state index in [1.165, 1.54) is 24.4 Å². The van der Waals surface area contributed by atoms with Crippen molar-refractivity contribution in [2.24, 2.45) is 0 Å². The van der Waals surface area contributed by atoms with E-state index in [1.54, 1.807) is 41.1 Å². The van der Waals surface area contributed by atoms with E-state index in [9.17, 15) is 18.8 Å². The number of urea groups is 1. The summed E-state index contributed by atoms with van der Waals surface area (Å²) >= 11 is 0. The summed E-state index contributed by atoms with van der Waals surface area (Å²) in [7, 11) is 0. The number of aromatic nitrogens is 2. The molecule has 4 aromatic rings. The van der Waals surface area contributed by atoms with Crippen molar-refractivity contribution in [2.75, 3.05) is 10.6 Å². The maximum Gasteiger partial charge on any atom is 0.323 e. The Balaban J connectivity index is 0.00000400. The molecule has 38 heavy (non-hydrogen) atoms. The molecule has 0 spiro atoms. The summed E-state index contributed by atoms with van der Waals surface area (Å²) in [6.45, 7) is 2.20. The molecule has 0 saturated carbocycles. The number of carboxylic acids is 1. The van der Waals surface area contributed by atoms with Crippen LogP contribution in [0.4, 0.5) is 20.6 Å².